The molecule has 3 heteroatoms. The molecule has 1 heterocycles. The van der Waals surface area contributed by atoms with Crippen molar-refractivity contribution in [1.29, 1.82) is 0 Å². The Morgan fingerprint density at radius 2 is 2.24 bits per heavy atom. The Kier molecular flexibility index (Phi) is 3.70. The molecule has 88 valence electrons. The maximum absolute atomic E-state index is 11.6. The smallest absolute Gasteiger partial charge is 0.224 e. The molecular formula is C14H16N2O. The van der Waals surface area contributed by atoms with Crippen LogP contribution < -0.4 is 5.32 Å². The second kappa shape index (κ2) is 5.43. The first-order valence-electron chi connectivity index (χ1n) is 5.94. The minimum atomic E-state index is 0.0714. The molecule has 0 atom stereocenters. The van der Waals surface area contributed by atoms with Crippen LogP contribution in [0.25, 0.3) is 10.9 Å². The van der Waals surface area contributed by atoms with Crippen molar-refractivity contribution in [2.45, 2.75) is 26.2 Å². The van der Waals surface area contributed by atoms with E-state index < -0.39 is 0 Å². The highest BCUT2D eigenvalue weighted by atomic mass is 16.1. The maximum atomic E-state index is 11.6. The third-order valence-corrected chi connectivity index (χ3v) is 2.65. The topological polar surface area (TPSA) is 42.0 Å². The van der Waals surface area contributed by atoms with Gasteiger partial charge >= 0.3 is 0 Å². The lowest BCUT2D eigenvalue weighted by Crippen LogP contribution is -2.10. The average molecular weight is 228 g/mol. The van der Waals surface area contributed by atoms with Crippen LogP contribution >= 0.6 is 0 Å². The molecule has 0 bridgehead atoms. The minimum Gasteiger partial charge on any atom is -0.326 e. The standard InChI is InChI=1S/C14H16N2O/c1-2-3-6-14(17)16-12-8-7-11-5-4-9-15-13(11)10-12/h4-5,7-10H,2-3,6H2,1H3,(H,16,17). The SMILES string of the molecule is CCCCC(=O)Nc1ccc2cccnc2c1. The number of carbonyl (C=O) groups is 1. The minimum absolute atomic E-state index is 0.0714. The predicted octanol–water partition coefficient (Wildman–Crippen LogP) is 3.36. The first-order chi connectivity index (χ1) is 8.29. The van der Waals surface area contributed by atoms with Gasteiger partial charge in [0.15, 0.2) is 0 Å². The van der Waals surface area contributed by atoms with E-state index in [1.54, 1.807) is 6.20 Å². The molecule has 0 fully saturated rings. The zero-order chi connectivity index (χ0) is 12.1. The molecule has 0 aliphatic rings. The second-order valence-corrected chi connectivity index (χ2v) is 4.06. The van der Waals surface area contributed by atoms with Gasteiger partial charge in [-0.15, -0.1) is 0 Å². The molecule has 2 rings (SSSR count). The Morgan fingerprint density at radius 1 is 1.35 bits per heavy atom. The molecule has 17 heavy (non-hydrogen) atoms. The van der Waals surface area contributed by atoms with Gasteiger partial charge in [0.1, 0.15) is 0 Å². The molecule has 0 saturated heterocycles. The largest absolute Gasteiger partial charge is 0.326 e. The molecule has 0 aliphatic carbocycles. The van der Waals surface area contributed by atoms with Crippen LogP contribution in [0.3, 0.4) is 0 Å². The van der Waals surface area contributed by atoms with Gasteiger partial charge in [0, 0.05) is 23.7 Å². The number of nitrogens with zero attached hydrogens (tertiary/aromatic N) is 1. The van der Waals surface area contributed by atoms with Crippen LogP contribution in [0.5, 0.6) is 0 Å². The normalized spacial score (nSPS) is 10.4. The number of carbonyl (C=O) groups excluding carboxylic acids is 1. The lowest BCUT2D eigenvalue weighted by atomic mass is 10.2. The van der Waals surface area contributed by atoms with E-state index in [0.29, 0.717) is 6.42 Å². The fourth-order valence-corrected chi connectivity index (χ4v) is 1.71. The van der Waals surface area contributed by atoms with Crippen molar-refractivity contribution in [3.05, 3.63) is 36.5 Å². The highest BCUT2D eigenvalue weighted by Crippen LogP contribution is 2.17. The number of hydrogen-bond acceptors (Lipinski definition) is 2. The summed E-state index contributed by atoms with van der Waals surface area (Å²) in [5.74, 6) is 0.0714. The number of hydrogen-bond donors (Lipinski definition) is 1. The summed E-state index contributed by atoms with van der Waals surface area (Å²) in [4.78, 5) is 15.8. The van der Waals surface area contributed by atoms with E-state index in [-0.39, 0.29) is 5.91 Å². The Bertz CT molecular complexity index is 522. The molecule has 0 radical (unpaired) electrons. The number of amides is 1. The summed E-state index contributed by atoms with van der Waals surface area (Å²) in [5.41, 5.74) is 1.72. The van der Waals surface area contributed by atoms with Crippen molar-refractivity contribution >= 4 is 22.5 Å². The van der Waals surface area contributed by atoms with Crippen molar-refractivity contribution < 1.29 is 4.79 Å². The van der Waals surface area contributed by atoms with Crippen molar-refractivity contribution in [1.82, 2.24) is 4.98 Å². The van der Waals surface area contributed by atoms with E-state index in [2.05, 4.69) is 17.2 Å². The van der Waals surface area contributed by atoms with Gasteiger partial charge < -0.3 is 5.32 Å². The first-order valence-corrected chi connectivity index (χ1v) is 5.94. The lowest BCUT2D eigenvalue weighted by Gasteiger charge is -2.05. The van der Waals surface area contributed by atoms with Crippen LogP contribution in [-0.4, -0.2) is 10.9 Å². The van der Waals surface area contributed by atoms with Crippen molar-refractivity contribution in [3.63, 3.8) is 0 Å². The van der Waals surface area contributed by atoms with Gasteiger partial charge in [0.05, 0.1) is 5.52 Å². The lowest BCUT2D eigenvalue weighted by molar-refractivity contribution is -0.116. The Labute approximate surface area is 101 Å². The van der Waals surface area contributed by atoms with Gasteiger partial charge in [0.25, 0.3) is 0 Å². The molecule has 1 amide bonds. The monoisotopic (exact) mass is 228 g/mol. The quantitative estimate of drug-likeness (QED) is 0.871. The molecule has 3 nitrogen and oxygen atoms in total. The van der Waals surface area contributed by atoms with Gasteiger partial charge in [0.2, 0.25) is 5.91 Å². The van der Waals surface area contributed by atoms with Gasteiger partial charge in [-0.2, -0.15) is 0 Å². The number of nitrogens with one attached hydrogen (secondary N) is 1. The number of rotatable bonds is 4. The fourth-order valence-electron chi connectivity index (χ4n) is 1.71. The van der Waals surface area contributed by atoms with E-state index in [1.165, 1.54) is 0 Å². The van der Waals surface area contributed by atoms with E-state index in [9.17, 15) is 4.79 Å². The molecule has 0 unspecified atom stereocenters. The Balaban J connectivity index is 2.11. The van der Waals surface area contributed by atoms with E-state index >= 15 is 0 Å². The first kappa shape index (κ1) is 11.6. The van der Waals surface area contributed by atoms with Crippen LogP contribution in [0.4, 0.5) is 5.69 Å². The Hall–Kier alpha value is -1.90. The van der Waals surface area contributed by atoms with E-state index in [4.69, 9.17) is 0 Å². The van der Waals surface area contributed by atoms with Crippen molar-refractivity contribution in [2.75, 3.05) is 5.32 Å². The molecule has 0 aliphatic heterocycles. The zero-order valence-corrected chi connectivity index (χ0v) is 9.94. The summed E-state index contributed by atoms with van der Waals surface area (Å²) >= 11 is 0. The third kappa shape index (κ3) is 3.03. The van der Waals surface area contributed by atoms with E-state index in [0.717, 1.165) is 29.4 Å². The number of unbranched alkanes of at least 4 members (excludes halogenated alkanes) is 1. The molecule has 1 N–H and O–H groups in total. The average Bonchev–Trinajstić information content (AvgIpc) is 2.36. The van der Waals surface area contributed by atoms with Gasteiger partial charge in [-0.25, -0.2) is 0 Å². The predicted molar refractivity (Wildman–Crippen MR) is 69.9 cm³/mol. The number of pyridine rings is 1. The van der Waals surface area contributed by atoms with Gasteiger partial charge in [-0.05, 0) is 24.6 Å². The summed E-state index contributed by atoms with van der Waals surface area (Å²) in [5, 5.41) is 3.97. The number of benzene rings is 1. The summed E-state index contributed by atoms with van der Waals surface area (Å²) in [6, 6.07) is 9.69. The van der Waals surface area contributed by atoms with Gasteiger partial charge in [-0.1, -0.05) is 25.5 Å². The summed E-state index contributed by atoms with van der Waals surface area (Å²) in [6.07, 6.45) is 4.30. The number of aromatic nitrogens is 1. The zero-order valence-electron chi connectivity index (χ0n) is 9.94. The maximum Gasteiger partial charge on any atom is 0.224 e. The van der Waals surface area contributed by atoms with Crippen LogP contribution in [0, 0.1) is 0 Å². The molecule has 2 aromatic rings. The summed E-state index contributed by atoms with van der Waals surface area (Å²) in [6.45, 7) is 2.08. The van der Waals surface area contributed by atoms with Crippen LogP contribution in [0.2, 0.25) is 0 Å². The molecule has 0 spiro atoms. The molecule has 1 aromatic heterocycles. The highest BCUT2D eigenvalue weighted by molar-refractivity contribution is 5.93. The molecular weight excluding hydrogens is 212 g/mol. The number of anilines is 1. The summed E-state index contributed by atoms with van der Waals surface area (Å²) < 4.78 is 0. The van der Waals surface area contributed by atoms with Gasteiger partial charge in [-0.3, -0.25) is 9.78 Å². The highest BCUT2D eigenvalue weighted by Gasteiger charge is 2.02. The molecule has 1 aromatic carbocycles. The van der Waals surface area contributed by atoms with Crippen LogP contribution in [-0.2, 0) is 4.79 Å². The number of fused-ring (bicyclic) bond motifs is 1. The van der Waals surface area contributed by atoms with Crippen LogP contribution in [0.15, 0.2) is 36.5 Å². The third-order valence-electron chi connectivity index (χ3n) is 2.65. The second-order valence-electron chi connectivity index (χ2n) is 4.06. The Morgan fingerprint density at radius 3 is 3.06 bits per heavy atom. The fraction of sp³-hybridized carbons (Fsp3) is 0.286. The van der Waals surface area contributed by atoms with Crippen LogP contribution in [0.1, 0.15) is 26.2 Å². The molecule has 0 saturated carbocycles. The van der Waals surface area contributed by atoms with E-state index in [1.807, 2.05) is 30.3 Å². The van der Waals surface area contributed by atoms with Crippen molar-refractivity contribution in [3.8, 4) is 0 Å². The summed E-state index contributed by atoms with van der Waals surface area (Å²) in [7, 11) is 0. The van der Waals surface area contributed by atoms with Crippen molar-refractivity contribution in [2.24, 2.45) is 0 Å².